The van der Waals surface area contributed by atoms with Crippen molar-refractivity contribution in [2.45, 2.75) is 25.7 Å². The number of benzene rings is 1. The number of piperidine rings is 1. The van der Waals surface area contributed by atoms with E-state index in [0.717, 1.165) is 18.9 Å². The molecule has 0 saturated carbocycles. The molecule has 1 fully saturated rings. The first-order valence-corrected chi connectivity index (χ1v) is 6.79. The van der Waals surface area contributed by atoms with Crippen LogP contribution in [0.5, 0.6) is 0 Å². The van der Waals surface area contributed by atoms with Gasteiger partial charge in [-0.1, -0.05) is 36.8 Å². The van der Waals surface area contributed by atoms with Crippen LogP contribution in [-0.4, -0.2) is 31.1 Å². The van der Waals surface area contributed by atoms with E-state index < -0.39 is 0 Å². The lowest BCUT2D eigenvalue weighted by molar-refractivity contribution is 0.184. The number of rotatable bonds is 5. The molecule has 17 heavy (non-hydrogen) atoms. The van der Waals surface area contributed by atoms with E-state index in [4.69, 9.17) is 5.73 Å². The Hall–Kier alpha value is -0.860. The Morgan fingerprint density at radius 2 is 1.82 bits per heavy atom. The molecule has 1 aromatic rings. The van der Waals surface area contributed by atoms with Crippen molar-refractivity contribution in [3.63, 3.8) is 0 Å². The van der Waals surface area contributed by atoms with Crippen LogP contribution in [0.4, 0.5) is 0 Å². The molecule has 2 nitrogen and oxygen atoms in total. The van der Waals surface area contributed by atoms with Gasteiger partial charge in [0, 0.05) is 0 Å². The van der Waals surface area contributed by atoms with Gasteiger partial charge in [-0.25, -0.2) is 0 Å². The molecule has 0 aliphatic carbocycles. The van der Waals surface area contributed by atoms with Gasteiger partial charge in [0.2, 0.25) is 0 Å². The Balaban J connectivity index is 1.72. The van der Waals surface area contributed by atoms with Crippen LogP contribution < -0.4 is 0 Å². The average molecular weight is 231 g/mol. The molecule has 1 saturated heterocycles. The van der Waals surface area contributed by atoms with Crippen LogP contribution in [-0.2, 0) is 6.42 Å². The third kappa shape index (κ3) is 4.14. The second-order valence-electron chi connectivity index (χ2n) is 5.08. The Morgan fingerprint density at radius 1 is 1.12 bits per heavy atom. The van der Waals surface area contributed by atoms with E-state index in [2.05, 4.69) is 35.2 Å². The van der Waals surface area contributed by atoms with Gasteiger partial charge >= 0.3 is 0 Å². The summed E-state index contributed by atoms with van der Waals surface area (Å²) in [6, 6.07) is 10.9. The third-order valence-electron chi connectivity index (χ3n) is 3.73. The minimum Gasteiger partial charge on any atom is -0.677 e. The van der Waals surface area contributed by atoms with Crippen LogP contribution in [0.2, 0.25) is 0 Å². The van der Waals surface area contributed by atoms with Crippen molar-refractivity contribution in [3.8, 4) is 0 Å². The van der Waals surface area contributed by atoms with Crippen LogP contribution >= 0.6 is 0 Å². The highest BCUT2D eigenvalue weighted by atomic mass is 15.1. The van der Waals surface area contributed by atoms with Crippen molar-refractivity contribution in [1.82, 2.24) is 4.90 Å². The Labute approximate surface area is 105 Å². The molecule has 1 N–H and O–H groups in total. The largest absolute Gasteiger partial charge is 0.677 e. The van der Waals surface area contributed by atoms with Gasteiger partial charge in [0.15, 0.2) is 0 Å². The highest BCUT2D eigenvalue weighted by Crippen LogP contribution is 2.21. The standard InChI is InChI=1S/C15H23N2/c16-9-4-10-17-11-7-15(8-12-17)13-14-5-2-1-3-6-14/h1-3,5-6,15-16H,4,7-13H2/q-1. The summed E-state index contributed by atoms with van der Waals surface area (Å²) in [6.07, 6.45) is 4.93. The summed E-state index contributed by atoms with van der Waals surface area (Å²) in [5, 5.41) is 0. The molecule has 94 valence electrons. The van der Waals surface area contributed by atoms with Crippen LogP contribution in [0.25, 0.3) is 5.73 Å². The second-order valence-corrected chi connectivity index (χ2v) is 5.08. The summed E-state index contributed by atoms with van der Waals surface area (Å²) in [5.74, 6) is 0.865. The van der Waals surface area contributed by atoms with E-state index in [-0.39, 0.29) is 0 Å². The first kappa shape index (κ1) is 12.6. The maximum Gasteiger partial charge on any atom is -0.00160 e. The maximum absolute atomic E-state index is 7.18. The number of likely N-dealkylation sites (tertiary alicyclic amines) is 1. The van der Waals surface area contributed by atoms with Gasteiger partial charge in [0.25, 0.3) is 0 Å². The minimum absolute atomic E-state index is 0.573. The molecule has 0 atom stereocenters. The lowest BCUT2D eigenvalue weighted by Gasteiger charge is -2.32. The van der Waals surface area contributed by atoms with E-state index in [1.165, 1.54) is 37.9 Å². The van der Waals surface area contributed by atoms with E-state index in [9.17, 15) is 0 Å². The van der Waals surface area contributed by atoms with Gasteiger partial charge in [-0.15, -0.1) is 6.54 Å². The molecule has 0 bridgehead atoms. The van der Waals surface area contributed by atoms with Gasteiger partial charge in [-0.2, -0.15) is 0 Å². The summed E-state index contributed by atoms with van der Waals surface area (Å²) >= 11 is 0. The summed E-state index contributed by atoms with van der Waals surface area (Å²) in [7, 11) is 0. The van der Waals surface area contributed by atoms with Crippen LogP contribution in [0.3, 0.4) is 0 Å². The fourth-order valence-electron chi connectivity index (χ4n) is 2.66. The summed E-state index contributed by atoms with van der Waals surface area (Å²) < 4.78 is 0. The maximum atomic E-state index is 7.18. The Morgan fingerprint density at radius 3 is 2.47 bits per heavy atom. The van der Waals surface area contributed by atoms with E-state index in [1.54, 1.807) is 0 Å². The number of hydrogen-bond acceptors (Lipinski definition) is 1. The first-order chi connectivity index (χ1) is 8.38. The Kier molecular flexibility index (Phi) is 5.02. The van der Waals surface area contributed by atoms with E-state index in [1.807, 2.05) is 0 Å². The minimum atomic E-state index is 0.573. The third-order valence-corrected chi connectivity index (χ3v) is 3.73. The van der Waals surface area contributed by atoms with E-state index in [0.29, 0.717) is 6.54 Å². The number of nitrogens with one attached hydrogen (secondary N) is 1. The zero-order valence-electron chi connectivity index (χ0n) is 10.6. The molecule has 0 radical (unpaired) electrons. The second kappa shape index (κ2) is 6.77. The lowest BCUT2D eigenvalue weighted by atomic mass is 9.90. The summed E-state index contributed by atoms with van der Waals surface area (Å²) in [4.78, 5) is 2.52. The molecule has 0 amide bonds. The fourth-order valence-corrected chi connectivity index (χ4v) is 2.66. The predicted octanol–water partition coefficient (Wildman–Crippen LogP) is 3.38. The smallest absolute Gasteiger partial charge is 0.00160 e. The zero-order valence-corrected chi connectivity index (χ0v) is 10.6. The van der Waals surface area contributed by atoms with Crippen LogP contribution in [0.15, 0.2) is 30.3 Å². The van der Waals surface area contributed by atoms with Crippen LogP contribution in [0.1, 0.15) is 24.8 Å². The van der Waals surface area contributed by atoms with Crippen molar-refractivity contribution >= 4 is 0 Å². The number of hydrogen-bond donors (Lipinski definition) is 0. The van der Waals surface area contributed by atoms with Gasteiger partial charge in [-0.05, 0) is 50.4 Å². The fraction of sp³-hybridized carbons (Fsp3) is 0.600. The van der Waals surface area contributed by atoms with Gasteiger partial charge in [-0.3, -0.25) is 0 Å². The molecule has 2 heteroatoms. The molecule has 1 aliphatic rings. The van der Waals surface area contributed by atoms with Gasteiger partial charge < -0.3 is 10.6 Å². The van der Waals surface area contributed by atoms with Crippen molar-refractivity contribution < 1.29 is 0 Å². The quantitative estimate of drug-likeness (QED) is 0.763. The molecular formula is C15H23N2-. The van der Waals surface area contributed by atoms with Crippen molar-refractivity contribution in [2.75, 3.05) is 26.2 Å². The van der Waals surface area contributed by atoms with Crippen LogP contribution in [0, 0.1) is 5.92 Å². The molecule has 1 heterocycles. The monoisotopic (exact) mass is 231 g/mol. The molecule has 1 aromatic carbocycles. The predicted molar refractivity (Wildman–Crippen MR) is 73.1 cm³/mol. The molecule has 0 spiro atoms. The topological polar surface area (TPSA) is 27.0 Å². The first-order valence-electron chi connectivity index (χ1n) is 6.79. The van der Waals surface area contributed by atoms with Gasteiger partial charge in [0.1, 0.15) is 0 Å². The SMILES string of the molecule is [NH-]CCCN1CCC(Cc2ccccc2)CC1. The van der Waals surface area contributed by atoms with Gasteiger partial charge in [0.05, 0.1) is 0 Å². The van der Waals surface area contributed by atoms with Crippen molar-refractivity contribution in [2.24, 2.45) is 5.92 Å². The summed E-state index contributed by atoms with van der Waals surface area (Å²) in [5.41, 5.74) is 8.67. The number of nitrogens with zero attached hydrogens (tertiary/aromatic N) is 1. The van der Waals surface area contributed by atoms with Crippen molar-refractivity contribution in [3.05, 3.63) is 41.6 Å². The molecule has 1 aliphatic heterocycles. The molecule has 0 aromatic heterocycles. The highest BCUT2D eigenvalue weighted by molar-refractivity contribution is 5.15. The van der Waals surface area contributed by atoms with Crippen molar-refractivity contribution in [1.29, 1.82) is 0 Å². The normalized spacial score (nSPS) is 18.4. The lowest BCUT2D eigenvalue weighted by Crippen LogP contribution is -2.35. The Bertz CT molecular complexity index is 302. The molecule has 2 rings (SSSR count). The molecular weight excluding hydrogens is 208 g/mol. The molecule has 0 unspecified atom stereocenters. The summed E-state index contributed by atoms with van der Waals surface area (Å²) in [6.45, 7) is 4.17. The average Bonchev–Trinajstić information content (AvgIpc) is 2.39. The zero-order chi connectivity index (χ0) is 11.9. The van der Waals surface area contributed by atoms with E-state index >= 15 is 0 Å². The highest BCUT2D eigenvalue weighted by Gasteiger charge is 2.18.